The highest BCUT2D eigenvalue weighted by Crippen LogP contribution is 2.20. The molecule has 0 saturated heterocycles. The van der Waals surface area contributed by atoms with Crippen molar-refractivity contribution < 1.29 is 24.2 Å². The van der Waals surface area contributed by atoms with Gasteiger partial charge >= 0.3 is 11.9 Å². The zero-order valence-corrected chi connectivity index (χ0v) is 12.5. The van der Waals surface area contributed by atoms with E-state index in [0.29, 0.717) is 23.3 Å². The quantitative estimate of drug-likeness (QED) is 0.838. The molecule has 0 aliphatic rings. The Labute approximate surface area is 126 Å². The summed E-state index contributed by atoms with van der Waals surface area (Å²) in [5, 5.41) is 9.11. The molecule has 0 fully saturated rings. The monoisotopic (exact) mass is 307 g/mol. The largest absolute Gasteiger partial charge is 0.495 e. The fraction of sp³-hybridized carbons (Fsp3) is 0.267. The van der Waals surface area contributed by atoms with Gasteiger partial charge in [-0.1, -0.05) is 6.07 Å². The molecule has 22 heavy (non-hydrogen) atoms. The van der Waals surface area contributed by atoms with Crippen LogP contribution in [-0.4, -0.2) is 35.7 Å². The van der Waals surface area contributed by atoms with Crippen molar-refractivity contribution >= 4 is 22.8 Å². The Morgan fingerprint density at radius 1 is 1.32 bits per heavy atom. The highest BCUT2D eigenvalue weighted by atomic mass is 16.5. The molecule has 0 atom stereocenters. The van der Waals surface area contributed by atoms with Crippen LogP contribution in [0.4, 0.5) is 0 Å². The van der Waals surface area contributed by atoms with E-state index in [1.807, 2.05) is 0 Å². The van der Waals surface area contributed by atoms with Crippen molar-refractivity contribution in [3.05, 3.63) is 40.2 Å². The van der Waals surface area contributed by atoms with Crippen LogP contribution in [0.5, 0.6) is 5.75 Å². The number of pyridine rings is 1. The molecule has 0 aliphatic carbocycles. The highest BCUT2D eigenvalue weighted by molar-refractivity contribution is 5.93. The van der Waals surface area contributed by atoms with Crippen molar-refractivity contribution in [1.82, 2.24) is 4.98 Å². The first kappa shape index (κ1) is 17.2. The third-order valence-corrected chi connectivity index (χ3v) is 2.67. The summed E-state index contributed by atoms with van der Waals surface area (Å²) in [7, 11) is 1.48. The predicted octanol–water partition coefficient (Wildman–Crippen LogP) is 1.80. The number of H-pyrrole nitrogens is 1. The number of carbonyl (C=O) groups is 2. The summed E-state index contributed by atoms with van der Waals surface area (Å²) in [6, 6.07) is 4.89. The SMILES string of the molecule is CCOC(C)=O.COc1cccc2c(=O)c(C(=O)O)c[nH]c12. The molecule has 0 radical (unpaired) electrons. The van der Waals surface area contributed by atoms with E-state index < -0.39 is 11.4 Å². The molecule has 1 aromatic heterocycles. The summed E-state index contributed by atoms with van der Waals surface area (Å²) in [4.78, 5) is 35.1. The van der Waals surface area contributed by atoms with Gasteiger partial charge in [-0.2, -0.15) is 0 Å². The molecule has 2 N–H and O–H groups in total. The number of rotatable bonds is 3. The molecule has 0 spiro atoms. The minimum absolute atomic E-state index is 0.211. The Morgan fingerprint density at radius 3 is 2.45 bits per heavy atom. The number of aromatic nitrogens is 1. The van der Waals surface area contributed by atoms with Gasteiger partial charge in [0, 0.05) is 13.1 Å². The second kappa shape index (κ2) is 7.82. The van der Waals surface area contributed by atoms with Crippen LogP contribution in [0.2, 0.25) is 0 Å². The van der Waals surface area contributed by atoms with Crippen molar-refractivity contribution in [2.24, 2.45) is 0 Å². The van der Waals surface area contributed by atoms with Gasteiger partial charge in [-0.25, -0.2) is 4.79 Å². The van der Waals surface area contributed by atoms with Crippen molar-refractivity contribution in [2.45, 2.75) is 13.8 Å². The number of carbonyl (C=O) groups excluding carboxylic acids is 1. The lowest BCUT2D eigenvalue weighted by molar-refractivity contribution is -0.140. The minimum Gasteiger partial charge on any atom is -0.495 e. The molecule has 0 unspecified atom stereocenters. The molecule has 0 saturated carbocycles. The number of carboxylic acid groups (broad SMARTS) is 1. The molecule has 1 heterocycles. The van der Waals surface area contributed by atoms with Gasteiger partial charge in [0.25, 0.3) is 0 Å². The van der Waals surface area contributed by atoms with Gasteiger partial charge in [0.1, 0.15) is 11.3 Å². The normalized spacial score (nSPS) is 9.59. The summed E-state index contributed by atoms with van der Waals surface area (Å²) in [6.45, 7) is 3.65. The number of hydrogen-bond donors (Lipinski definition) is 2. The van der Waals surface area contributed by atoms with Gasteiger partial charge in [0.05, 0.1) is 24.6 Å². The fourth-order valence-electron chi connectivity index (χ4n) is 1.76. The number of methoxy groups -OCH3 is 1. The van der Waals surface area contributed by atoms with Gasteiger partial charge in [0.2, 0.25) is 5.43 Å². The molecular formula is C15H17NO6. The van der Waals surface area contributed by atoms with E-state index in [1.54, 1.807) is 25.1 Å². The van der Waals surface area contributed by atoms with Gasteiger partial charge in [-0.3, -0.25) is 9.59 Å². The molecule has 0 aliphatic heterocycles. The zero-order valence-electron chi connectivity index (χ0n) is 12.5. The number of benzene rings is 1. The standard InChI is InChI=1S/C11H9NO4.C4H8O2/c1-16-8-4-2-3-6-9(8)12-5-7(10(6)13)11(14)15;1-3-6-4(2)5/h2-5H,1H3,(H,12,13)(H,14,15);3H2,1-2H3. The molecule has 118 valence electrons. The third kappa shape index (κ3) is 4.08. The summed E-state index contributed by atoms with van der Waals surface area (Å²) in [5.74, 6) is -0.949. The fourth-order valence-corrected chi connectivity index (χ4v) is 1.76. The molecule has 0 bridgehead atoms. The Hall–Kier alpha value is -2.83. The highest BCUT2D eigenvalue weighted by Gasteiger charge is 2.12. The van der Waals surface area contributed by atoms with E-state index in [4.69, 9.17) is 9.84 Å². The number of aromatic amines is 1. The van der Waals surface area contributed by atoms with Crippen LogP contribution in [0.1, 0.15) is 24.2 Å². The smallest absolute Gasteiger partial charge is 0.341 e. The maximum Gasteiger partial charge on any atom is 0.341 e. The summed E-state index contributed by atoms with van der Waals surface area (Å²) in [5.41, 5.74) is -0.291. The topological polar surface area (TPSA) is 106 Å². The number of fused-ring (bicyclic) bond motifs is 1. The maximum absolute atomic E-state index is 11.8. The van der Waals surface area contributed by atoms with Gasteiger partial charge in [-0.15, -0.1) is 0 Å². The number of aromatic carboxylic acids is 1. The average molecular weight is 307 g/mol. The van der Waals surface area contributed by atoms with Crippen LogP contribution >= 0.6 is 0 Å². The molecule has 2 rings (SSSR count). The van der Waals surface area contributed by atoms with Crippen molar-refractivity contribution in [3.8, 4) is 5.75 Å². The Morgan fingerprint density at radius 2 is 2.00 bits per heavy atom. The molecule has 0 amide bonds. The first-order valence-electron chi connectivity index (χ1n) is 6.47. The van der Waals surface area contributed by atoms with Crippen LogP contribution < -0.4 is 10.2 Å². The lowest BCUT2D eigenvalue weighted by atomic mass is 10.1. The van der Waals surface area contributed by atoms with E-state index in [9.17, 15) is 14.4 Å². The van der Waals surface area contributed by atoms with Crippen molar-refractivity contribution in [3.63, 3.8) is 0 Å². The lowest BCUT2D eigenvalue weighted by Gasteiger charge is -2.04. The van der Waals surface area contributed by atoms with Crippen LogP contribution in [0.3, 0.4) is 0 Å². The summed E-state index contributed by atoms with van der Waals surface area (Å²) in [6.07, 6.45) is 1.18. The molecule has 7 heteroatoms. The summed E-state index contributed by atoms with van der Waals surface area (Å²) >= 11 is 0. The van der Waals surface area contributed by atoms with E-state index in [1.165, 1.54) is 20.2 Å². The first-order chi connectivity index (χ1) is 10.4. The maximum atomic E-state index is 11.8. The number of ether oxygens (including phenoxy) is 2. The minimum atomic E-state index is -1.24. The van der Waals surface area contributed by atoms with E-state index in [0.717, 1.165) is 0 Å². The average Bonchev–Trinajstić information content (AvgIpc) is 2.47. The van der Waals surface area contributed by atoms with E-state index in [2.05, 4.69) is 9.72 Å². The van der Waals surface area contributed by atoms with Gasteiger partial charge in [0.15, 0.2) is 0 Å². The van der Waals surface area contributed by atoms with Crippen LogP contribution in [0.25, 0.3) is 10.9 Å². The Kier molecular flexibility index (Phi) is 6.12. The second-order valence-electron chi connectivity index (χ2n) is 4.14. The van der Waals surface area contributed by atoms with E-state index >= 15 is 0 Å². The molecule has 7 nitrogen and oxygen atoms in total. The Bertz CT molecular complexity index is 734. The molecule has 1 aromatic carbocycles. The van der Waals surface area contributed by atoms with E-state index in [-0.39, 0.29) is 11.5 Å². The molecular weight excluding hydrogens is 290 g/mol. The third-order valence-electron chi connectivity index (χ3n) is 2.67. The predicted molar refractivity (Wildman–Crippen MR) is 80.4 cm³/mol. The van der Waals surface area contributed by atoms with Crippen molar-refractivity contribution in [2.75, 3.05) is 13.7 Å². The second-order valence-corrected chi connectivity index (χ2v) is 4.14. The van der Waals surface area contributed by atoms with Crippen LogP contribution in [-0.2, 0) is 9.53 Å². The number of hydrogen-bond acceptors (Lipinski definition) is 5. The number of carboxylic acids is 1. The van der Waals surface area contributed by atoms with Crippen LogP contribution in [0, 0.1) is 0 Å². The zero-order chi connectivity index (χ0) is 16.7. The first-order valence-corrected chi connectivity index (χ1v) is 6.47. The Balaban J connectivity index is 0.000000346. The summed E-state index contributed by atoms with van der Waals surface area (Å²) < 4.78 is 9.47. The van der Waals surface area contributed by atoms with Gasteiger partial charge in [-0.05, 0) is 19.1 Å². The number of nitrogens with one attached hydrogen (secondary N) is 1. The molecule has 2 aromatic rings. The van der Waals surface area contributed by atoms with Crippen LogP contribution in [0.15, 0.2) is 29.2 Å². The van der Waals surface area contributed by atoms with Gasteiger partial charge < -0.3 is 19.6 Å². The number of esters is 1. The lowest BCUT2D eigenvalue weighted by Crippen LogP contribution is -2.15. The van der Waals surface area contributed by atoms with Crippen molar-refractivity contribution in [1.29, 1.82) is 0 Å². The number of para-hydroxylation sites is 1.